The van der Waals surface area contributed by atoms with Crippen molar-refractivity contribution in [1.82, 2.24) is 29.1 Å². The number of aromatic nitrogens is 6. The van der Waals surface area contributed by atoms with Crippen LogP contribution in [0.5, 0.6) is 11.8 Å². The van der Waals surface area contributed by atoms with Gasteiger partial charge in [-0.25, -0.2) is 55.9 Å². The third kappa shape index (κ3) is 13.1. The topological polar surface area (TPSA) is 221 Å². The molecule has 6 aromatic carbocycles. The number of pyridine rings is 2. The first-order valence-corrected chi connectivity index (χ1v) is 29.2. The van der Waals surface area contributed by atoms with E-state index >= 15 is 8.78 Å². The maximum Gasteiger partial charge on any atom is 0.335 e. The van der Waals surface area contributed by atoms with Gasteiger partial charge in [-0.05, 0) is 120 Å². The fraction of sp³-hybridized carbons (Fsp3) is 0.235. The minimum atomic E-state index is -1.07. The lowest BCUT2D eigenvalue weighted by Gasteiger charge is -2.28. The van der Waals surface area contributed by atoms with Crippen LogP contribution in [0.3, 0.4) is 0 Å². The first kappa shape index (κ1) is 63.7. The Kier molecular flexibility index (Phi) is 17.9. The van der Waals surface area contributed by atoms with Gasteiger partial charge in [0.15, 0.2) is 11.6 Å². The van der Waals surface area contributed by atoms with Gasteiger partial charge in [0.1, 0.15) is 48.1 Å². The zero-order valence-electron chi connectivity index (χ0n) is 49.3. The summed E-state index contributed by atoms with van der Waals surface area (Å²) in [6, 6.07) is 30.3. The Hall–Kier alpha value is -9.84. The largest absolute Gasteiger partial charge is 0.478 e. The molecule has 0 aliphatic carbocycles. The number of hydrogen-bond donors (Lipinski definition) is 2. The van der Waals surface area contributed by atoms with Crippen molar-refractivity contribution in [3.63, 3.8) is 0 Å². The molecule has 2 atom stereocenters. The van der Waals surface area contributed by atoms with Crippen LogP contribution in [-0.4, -0.2) is 77.6 Å². The van der Waals surface area contributed by atoms with Crippen molar-refractivity contribution in [2.45, 2.75) is 65.8 Å². The number of hydrogen-bond acceptors (Lipinski definition) is 12. The van der Waals surface area contributed by atoms with Crippen molar-refractivity contribution in [2.75, 3.05) is 26.4 Å². The zero-order chi connectivity index (χ0) is 65.5. The van der Waals surface area contributed by atoms with E-state index < -0.39 is 58.6 Å². The number of carboxylic acids is 2. The van der Waals surface area contributed by atoms with Gasteiger partial charge in [-0.3, -0.25) is 0 Å². The molecule has 24 heteroatoms. The van der Waals surface area contributed by atoms with Crippen LogP contribution < -0.4 is 9.47 Å². The summed E-state index contributed by atoms with van der Waals surface area (Å²) in [7, 11) is 0. The van der Waals surface area contributed by atoms with E-state index in [1.165, 1.54) is 72.8 Å². The summed E-state index contributed by atoms with van der Waals surface area (Å²) < 4.78 is 115. The highest BCUT2D eigenvalue weighted by Gasteiger charge is 2.41. The van der Waals surface area contributed by atoms with E-state index in [0.717, 1.165) is 24.3 Å². The van der Waals surface area contributed by atoms with Crippen LogP contribution in [0.2, 0.25) is 10.0 Å². The molecule has 0 radical (unpaired) electrons. The minimum absolute atomic E-state index is 0.00640. The van der Waals surface area contributed by atoms with Crippen LogP contribution >= 0.6 is 23.2 Å². The molecule has 0 amide bonds. The Bertz CT molecular complexity index is 4410. The van der Waals surface area contributed by atoms with E-state index in [2.05, 4.69) is 37.7 Å². The number of nitrogens with zero attached hydrogens (tertiary/aromatic N) is 8. The van der Waals surface area contributed by atoms with Crippen LogP contribution in [0.4, 0.5) is 26.3 Å². The van der Waals surface area contributed by atoms with Crippen molar-refractivity contribution in [2.24, 2.45) is 10.8 Å². The Morgan fingerprint density at radius 3 is 1.28 bits per heavy atom. The highest BCUT2D eigenvalue weighted by atomic mass is 35.5. The maximum atomic E-state index is 15.7. The number of imidazole rings is 2. The lowest BCUT2D eigenvalue weighted by atomic mass is 9.87. The maximum absolute atomic E-state index is 15.7. The molecule has 2 unspecified atom stereocenters. The van der Waals surface area contributed by atoms with E-state index in [4.69, 9.17) is 62.6 Å². The Morgan fingerprint density at radius 2 is 0.935 bits per heavy atom. The van der Waals surface area contributed by atoms with Gasteiger partial charge >= 0.3 is 11.9 Å². The third-order valence-electron chi connectivity index (χ3n) is 16.2. The highest BCUT2D eigenvalue weighted by Crippen LogP contribution is 2.43. The predicted molar refractivity (Wildman–Crippen MR) is 326 cm³/mol. The van der Waals surface area contributed by atoms with Crippen molar-refractivity contribution in [3.8, 4) is 46.4 Å². The van der Waals surface area contributed by atoms with Gasteiger partial charge < -0.3 is 38.3 Å². The molecule has 2 fully saturated rings. The molecule has 92 heavy (non-hydrogen) atoms. The van der Waals surface area contributed by atoms with E-state index in [1.807, 2.05) is 21.3 Å². The smallest absolute Gasteiger partial charge is 0.335 e. The number of aromatic carboxylic acids is 2. The zero-order valence-corrected chi connectivity index (χ0v) is 50.8. The predicted octanol–water partition coefficient (Wildman–Crippen LogP) is 15.0. The molecule has 4 aromatic heterocycles. The van der Waals surface area contributed by atoms with Gasteiger partial charge in [0.25, 0.3) is 11.8 Å². The lowest BCUT2D eigenvalue weighted by Crippen LogP contribution is -2.27. The number of rotatable bonds is 16. The normalized spacial score (nSPS) is 15.6. The van der Waals surface area contributed by atoms with Crippen molar-refractivity contribution in [3.05, 3.63) is 222 Å². The fourth-order valence-electron chi connectivity index (χ4n) is 11.1. The van der Waals surface area contributed by atoms with Gasteiger partial charge in [0, 0.05) is 56.0 Å². The van der Waals surface area contributed by atoms with E-state index in [9.17, 15) is 37.4 Å². The van der Waals surface area contributed by atoms with Gasteiger partial charge in [-0.2, -0.15) is 10.5 Å². The molecule has 2 N–H and O–H groups in total. The number of fused-ring (bicyclic) bond motifs is 2. The number of nitriles is 2. The molecule has 2 aliphatic heterocycles. The summed E-state index contributed by atoms with van der Waals surface area (Å²) in [6.45, 7) is 9.25. The van der Waals surface area contributed by atoms with Gasteiger partial charge in [0.05, 0.1) is 106 Å². The summed E-state index contributed by atoms with van der Waals surface area (Å²) in [4.78, 5) is 41.3. The average Bonchev–Trinajstić information content (AvgIpc) is 1.60. The van der Waals surface area contributed by atoms with E-state index in [-0.39, 0.29) is 115 Å². The quantitative estimate of drug-likeness (QED) is 0.0860. The standard InChI is InChI=1S/2C34H26ClF3N4O4/c2*1-34(2)17-45-16-30(34)42-29-11-19(33(43)44)5-7-28(29)40-31(42)12-21-10-26(38)22(13-23(21)35)27-8-6-24(36)32(41-27)46-15-20-4-3-18(14-39)9-25(20)37/h2*3-11,13,30H,12,15-17H2,1-2H3,(H,43,44). The molecular weight excluding hydrogens is 1240 g/mol. The minimum Gasteiger partial charge on any atom is -0.478 e. The Balaban J connectivity index is 0.000000188. The SMILES string of the molecule is CC1(C)COCC1n1c(Cc2cc(F)c(-c3ccc(F)c(OCc4ccc(C#N)cc4F)n3)cc2Cl)nc2ccc(C(=O)O)cc21.CC1(C)COCC1n1c(Cc2cc(F)c(-c3ccc(F)c(OCc4ccc(C#N)cc4F)n3)cc2Cl)nc2ccc(C(=O)O)cc21. The molecule has 0 spiro atoms. The van der Waals surface area contributed by atoms with E-state index in [1.54, 1.807) is 24.3 Å². The molecule has 0 bridgehead atoms. The lowest BCUT2D eigenvalue weighted by molar-refractivity contribution is 0.0686. The average molecular weight is 1290 g/mol. The first-order valence-electron chi connectivity index (χ1n) is 28.5. The van der Waals surface area contributed by atoms with Crippen molar-refractivity contribution < 1.29 is 65.1 Å². The number of carboxylic acid groups (broad SMARTS) is 2. The molecule has 10 aromatic rings. The molecular formula is C68H52Cl2F6N8O8. The molecule has 2 aliphatic rings. The van der Waals surface area contributed by atoms with Crippen LogP contribution in [0.15, 0.2) is 121 Å². The van der Waals surface area contributed by atoms with Crippen molar-refractivity contribution >= 4 is 57.2 Å². The second kappa shape index (κ2) is 25.8. The first-order chi connectivity index (χ1) is 43.9. The fourth-order valence-corrected chi connectivity index (χ4v) is 11.6. The number of halogens is 8. The molecule has 2 saturated heterocycles. The molecule has 0 saturated carbocycles. The Morgan fingerprint density at radius 1 is 0.533 bits per heavy atom. The summed E-state index contributed by atoms with van der Waals surface area (Å²) >= 11 is 13.4. The van der Waals surface area contributed by atoms with Gasteiger partial charge in [-0.15, -0.1) is 0 Å². The second-order valence-corrected chi connectivity index (χ2v) is 24.2. The summed E-state index contributed by atoms with van der Waals surface area (Å²) in [5.41, 5.74) is 3.39. The van der Waals surface area contributed by atoms with Crippen LogP contribution in [0.25, 0.3) is 44.6 Å². The molecule has 6 heterocycles. The number of ether oxygens (including phenoxy) is 4. The van der Waals surface area contributed by atoms with Crippen molar-refractivity contribution in [1.29, 1.82) is 10.5 Å². The number of benzene rings is 6. The summed E-state index contributed by atoms with van der Waals surface area (Å²) in [5, 5.41) is 37.5. The molecule has 12 rings (SSSR count). The number of carbonyl (C=O) groups is 2. The van der Waals surface area contributed by atoms with Gasteiger partial charge in [0.2, 0.25) is 0 Å². The van der Waals surface area contributed by atoms with E-state index in [0.29, 0.717) is 71.3 Å². The van der Waals surface area contributed by atoms with Crippen LogP contribution in [0.1, 0.15) is 106 Å². The van der Waals surface area contributed by atoms with Crippen LogP contribution in [-0.2, 0) is 35.5 Å². The Labute approximate surface area is 531 Å². The van der Waals surface area contributed by atoms with Gasteiger partial charge in [-0.1, -0.05) is 63.0 Å². The second-order valence-electron chi connectivity index (χ2n) is 23.4. The summed E-state index contributed by atoms with van der Waals surface area (Å²) in [5.74, 6) is -6.34. The molecule has 16 nitrogen and oxygen atoms in total. The van der Waals surface area contributed by atoms with Crippen LogP contribution in [0, 0.1) is 68.4 Å². The molecule has 468 valence electrons. The monoisotopic (exact) mass is 1290 g/mol. The third-order valence-corrected chi connectivity index (χ3v) is 16.9. The highest BCUT2D eigenvalue weighted by molar-refractivity contribution is 6.32. The summed E-state index contributed by atoms with van der Waals surface area (Å²) in [6.07, 6.45) is 0.252.